The molecule has 20 heavy (non-hydrogen) atoms. The molecule has 0 amide bonds. The zero-order valence-corrected chi connectivity index (χ0v) is 11.6. The first-order valence-electron chi connectivity index (χ1n) is 6.86. The molecule has 1 aliphatic rings. The fourth-order valence-corrected chi connectivity index (χ4v) is 2.47. The Labute approximate surface area is 118 Å². The van der Waals surface area contributed by atoms with E-state index in [-0.39, 0.29) is 17.8 Å². The quantitative estimate of drug-likeness (QED) is 0.520. The molecule has 1 aromatic rings. The van der Waals surface area contributed by atoms with Crippen LogP contribution in [0, 0.1) is 10.1 Å². The van der Waals surface area contributed by atoms with Gasteiger partial charge in [-0.25, -0.2) is 0 Å². The Morgan fingerprint density at radius 2 is 1.90 bits per heavy atom. The average molecular weight is 280 g/mol. The molecule has 0 radical (unpaired) electrons. The lowest BCUT2D eigenvalue weighted by atomic mass is 10.1. The third-order valence-corrected chi connectivity index (χ3v) is 3.60. The zero-order valence-electron chi connectivity index (χ0n) is 11.6. The first kappa shape index (κ1) is 14.6. The van der Waals surface area contributed by atoms with Crippen LogP contribution in [0.2, 0.25) is 0 Å². The monoisotopic (exact) mass is 280 g/mol. The van der Waals surface area contributed by atoms with Gasteiger partial charge in [-0.1, -0.05) is 12.8 Å². The number of nitro groups is 1. The molecule has 1 aromatic carbocycles. The van der Waals surface area contributed by atoms with Crippen molar-refractivity contribution in [3.05, 3.63) is 28.3 Å². The molecule has 0 aliphatic heterocycles. The normalized spacial score (nSPS) is 22.9. The van der Waals surface area contributed by atoms with Gasteiger partial charge >= 0.3 is 0 Å². The van der Waals surface area contributed by atoms with Crippen molar-refractivity contribution < 1.29 is 14.4 Å². The number of nitro benzene ring substituents is 1. The van der Waals surface area contributed by atoms with Gasteiger partial charge in [0.2, 0.25) is 0 Å². The van der Waals surface area contributed by atoms with E-state index >= 15 is 0 Å². The molecule has 0 heterocycles. The number of rotatable bonds is 4. The largest absolute Gasteiger partial charge is 0.496 e. The van der Waals surface area contributed by atoms with Gasteiger partial charge in [-0.05, 0) is 19.3 Å². The lowest BCUT2D eigenvalue weighted by Gasteiger charge is -2.23. The molecule has 1 aliphatic carbocycles. The lowest BCUT2D eigenvalue weighted by Crippen LogP contribution is -2.37. The van der Waals surface area contributed by atoms with Crippen LogP contribution < -0.4 is 15.2 Å². The summed E-state index contributed by atoms with van der Waals surface area (Å²) >= 11 is 0. The van der Waals surface area contributed by atoms with E-state index in [0.717, 1.165) is 32.1 Å². The fourth-order valence-electron chi connectivity index (χ4n) is 2.47. The number of non-ortho nitro benzene ring substituents is 1. The van der Waals surface area contributed by atoms with E-state index in [0.29, 0.717) is 11.5 Å². The van der Waals surface area contributed by atoms with Crippen molar-refractivity contribution in [2.45, 2.75) is 44.2 Å². The van der Waals surface area contributed by atoms with Crippen molar-refractivity contribution in [1.82, 2.24) is 0 Å². The third-order valence-electron chi connectivity index (χ3n) is 3.60. The molecule has 2 N–H and O–H groups in total. The van der Waals surface area contributed by atoms with E-state index in [2.05, 4.69) is 0 Å². The second kappa shape index (κ2) is 6.56. The van der Waals surface area contributed by atoms with E-state index in [1.54, 1.807) is 6.07 Å². The molecule has 1 fully saturated rings. The van der Waals surface area contributed by atoms with Gasteiger partial charge in [-0.3, -0.25) is 10.1 Å². The zero-order chi connectivity index (χ0) is 14.5. The molecular weight excluding hydrogens is 260 g/mol. The van der Waals surface area contributed by atoms with E-state index in [9.17, 15) is 10.1 Å². The van der Waals surface area contributed by atoms with Crippen LogP contribution in [0.4, 0.5) is 5.69 Å². The highest BCUT2D eigenvalue weighted by molar-refractivity contribution is 5.46. The summed E-state index contributed by atoms with van der Waals surface area (Å²) in [4.78, 5) is 10.4. The Morgan fingerprint density at radius 3 is 2.60 bits per heavy atom. The van der Waals surface area contributed by atoms with Gasteiger partial charge in [-0.15, -0.1) is 0 Å². The Balaban J connectivity index is 2.18. The van der Waals surface area contributed by atoms with Crippen LogP contribution in [0.15, 0.2) is 18.2 Å². The molecule has 6 heteroatoms. The standard InChI is InChI=1S/C14H20N2O4/c1-19-11-7-10(16(17)18)8-12(9-11)20-14-6-4-2-3-5-13(14)15/h7-9,13-14H,2-6,15H2,1H3. The van der Waals surface area contributed by atoms with Crippen LogP contribution in [0.1, 0.15) is 32.1 Å². The molecule has 0 bridgehead atoms. The van der Waals surface area contributed by atoms with Gasteiger partial charge in [-0.2, -0.15) is 0 Å². The summed E-state index contributed by atoms with van der Waals surface area (Å²) in [6, 6.07) is 4.42. The van der Waals surface area contributed by atoms with Crippen molar-refractivity contribution >= 4 is 5.69 Å². The topological polar surface area (TPSA) is 87.6 Å². The number of hydrogen-bond donors (Lipinski definition) is 1. The second-order valence-corrected chi connectivity index (χ2v) is 5.08. The van der Waals surface area contributed by atoms with E-state index in [1.165, 1.54) is 19.2 Å². The number of ether oxygens (including phenoxy) is 2. The summed E-state index contributed by atoms with van der Waals surface area (Å²) in [7, 11) is 1.47. The summed E-state index contributed by atoms with van der Waals surface area (Å²) in [5.41, 5.74) is 6.06. The molecular formula is C14H20N2O4. The number of nitrogens with two attached hydrogens (primary N) is 1. The van der Waals surface area contributed by atoms with Crippen LogP contribution in [-0.2, 0) is 0 Å². The predicted molar refractivity (Wildman–Crippen MR) is 75.1 cm³/mol. The average Bonchev–Trinajstić information content (AvgIpc) is 2.64. The Bertz CT molecular complexity index is 478. The fraction of sp³-hybridized carbons (Fsp3) is 0.571. The molecule has 110 valence electrons. The Kier molecular flexibility index (Phi) is 4.79. The minimum absolute atomic E-state index is 0.0252. The maximum absolute atomic E-state index is 10.9. The molecule has 6 nitrogen and oxygen atoms in total. The van der Waals surface area contributed by atoms with Crippen molar-refractivity contribution in [2.24, 2.45) is 5.73 Å². The summed E-state index contributed by atoms with van der Waals surface area (Å²) in [6.45, 7) is 0. The first-order chi connectivity index (χ1) is 9.60. The predicted octanol–water partition coefficient (Wildman–Crippen LogP) is 2.64. The van der Waals surface area contributed by atoms with Crippen LogP contribution in [0.5, 0.6) is 11.5 Å². The summed E-state index contributed by atoms with van der Waals surface area (Å²) in [5.74, 6) is 0.856. The van der Waals surface area contributed by atoms with Gasteiger partial charge in [0.05, 0.1) is 24.2 Å². The van der Waals surface area contributed by atoms with Crippen LogP contribution in [0.25, 0.3) is 0 Å². The van der Waals surface area contributed by atoms with E-state index < -0.39 is 4.92 Å². The SMILES string of the molecule is COc1cc(OC2CCCCCC2N)cc([N+](=O)[O-])c1. The molecule has 0 saturated heterocycles. The highest BCUT2D eigenvalue weighted by Gasteiger charge is 2.23. The highest BCUT2D eigenvalue weighted by Crippen LogP contribution is 2.30. The lowest BCUT2D eigenvalue weighted by molar-refractivity contribution is -0.385. The minimum atomic E-state index is -0.456. The number of nitrogens with zero attached hydrogens (tertiary/aromatic N) is 1. The Morgan fingerprint density at radius 1 is 1.20 bits per heavy atom. The molecule has 0 spiro atoms. The second-order valence-electron chi connectivity index (χ2n) is 5.08. The van der Waals surface area contributed by atoms with Crippen LogP contribution >= 0.6 is 0 Å². The highest BCUT2D eigenvalue weighted by atomic mass is 16.6. The number of benzene rings is 1. The maximum atomic E-state index is 10.9. The van der Waals surface area contributed by atoms with Crippen LogP contribution in [0.3, 0.4) is 0 Å². The molecule has 2 unspecified atom stereocenters. The van der Waals surface area contributed by atoms with Gasteiger partial charge in [0, 0.05) is 12.1 Å². The summed E-state index contributed by atoms with van der Waals surface area (Å²) in [5, 5.41) is 10.9. The number of hydrogen-bond acceptors (Lipinski definition) is 5. The van der Waals surface area contributed by atoms with Crippen molar-refractivity contribution in [1.29, 1.82) is 0 Å². The smallest absolute Gasteiger partial charge is 0.276 e. The van der Waals surface area contributed by atoms with Crippen molar-refractivity contribution in [3.63, 3.8) is 0 Å². The first-order valence-corrected chi connectivity index (χ1v) is 6.86. The van der Waals surface area contributed by atoms with Gasteiger partial charge in [0.1, 0.15) is 17.6 Å². The van der Waals surface area contributed by atoms with Gasteiger partial charge in [0.15, 0.2) is 0 Å². The van der Waals surface area contributed by atoms with Crippen LogP contribution in [-0.4, -0.2) is 24.2 Å². The third kappa shape index (κ3) is 3.60. The molecule has 2 atom stereocenters. The number of methoxy groups -OCH3 is 1. The molecule has 2 rings (SSSR count). The maximum Gasteiger partial charge on any atom is 0.276 e. The van der Waals surface area contributed by atoms with Crippen molar-refractivity contribution in [2.75, 3.05) is 7.11 Å². The minimum Gasteiger partial charge on any atom is -0.496 e. The van der Waals surface area contributed by atoms with Gasteiger partial charge < -0.3 is 15.2 Å². The molecule has 1 saturated carbocycles. The molecule has 0 aromatic heterocycles. The van der Waals surface area contributed by atoms with E-state index in [1.807, 2.05) is 0 Å². The summed E-state index contributed by atoms with van der Waals surface area (Å²) < 4.78 is 10.9. The Hall–Kier alpha value is -1.82. The van der Waals surface area contributed by atoms with E-state index in [4.69, 9.17) is 15.2 Å². The van der Waals surface area contributed by atoms with Crippen molar-refractivity contribution in [3.8, 4) is 11.5 Å². The van der Waals surface area contributed by atoms with Gasteiger partial charge in [0.25, 0.3) is 5.69 Å². The summed E-state index contributed by atoms with van der Waals surface area (Å²) in [6.07, 6.45) is 5.06.